The Morgan fingerprint density at radius 2 is 1.97 bits per heavy atom. The minimum absolute atomic E-state index is 0.0552. The zero-order chi connectivity index (χ0) is 22.2. The summed E-state index contributed by atoms with van der Waals surface area (Å²) in [7, 11) is 1.63. The van der Waals surface area contributed by atoms with Crippen molar-refractivity contribution in [3.05, 3.63) is 48.4 Å². The molecule has 8 nitrogen and oxygen atoms in total. The lowest BCUT2D eigenvalue weighted by Gasteiger charge is -2.54. The van der Waals surface area contributed by atoms with Crippen molar-refractivity contribution in [1.82, 2.24) is 19.7 Å². The van der Waals surface area contributed by atoms with Crippen molar-refractivity contribution >= 4 is 11.6 Å². The Labute approximate surface area is 186 Å². The van der Waals surface area contributed by atoms with Gasteiger partial charge in [-0.2, -0.15) is 4.98 Å². The number of fused-ring (bicyclic) bond motifs is 2. The molecule has 3 atom stereocenters. The summed E-state index contributed by atoms with van der Waals surface area (Å²) < 4.78 is 26.4. The number of ether oxygens (including phenoxy) is 2. The number of methoxy groups -OCH3 is 1. The molecule has 0 spiro atoms. The van der Waals surface area contributed by atoms with Gasteiger partial charge < -0.3 is 19.7 Å². The Bertz CT molecular complexity index is 1090. The van der Waals surface area contributed by atoms with E-state index in [1.807, 2.05) is 26.0 Å². The van der Waals surface area contributed by atoms with Gasteiger partial charge in [-0.15, -0.1) is 5.10 Å². The van der Waals surface area contributed by atoms with Gasteiger partial charge in [-0.05, 0) is 50.3 Å². The van der Waals surface area contributed by atoms with Gasteiger partial charge in [0.25, 0.3) is 0 Å². The molecule has 2 bridgehead atoms. The van der Waals surface area contributed by atoms with E-state index in [1.165, 1.54) is 18.6 Å². The number of rotatable bonds is 7. The van der Waals surface area contributed by atoms with E-state index in [0.717, 1.165) is 18.8 Å². The molecule has 0 radical (unpaired) electrons. The maximum atomic E-state index is 13.5. The summed E-state index contributed by atoms with van der Waals surface area (Å²) >= 11 is 0. The van der Waals surface area contributed by atoms with Crippen LogP contribution in [0.4, 0.5) is 16.0 Å². The molecule has 168 valence electrons. The number of halogens is 1. The normalized spacial score (nSPS) is 21.9. The van der Waals surface area contributed by atoms with Gasteiger partial charge in [0.1, 0.15) is 11.6 Å². The first-order chi connectivity index (χ1) is 15.5. The number of pyridine rings is 1. The minimum Gasteiger partial charge on any atom is -0.481 e. The molecule has 1 unspecified atom stereocenters. The number of hydrogen-bond donors (Lipinski definition) is 1. The van der Waals surface area contributed by atoms with Crippen LogP contribution >= 0.6 is 0 Å². The van der Waals surface area contributed by atoms with Crippen molar-refractivity contribution in [2.75, 3.05) is 30.4 Å². The lowest BCUT2D eigenvalue weighted by Crippen LogP contribution is -2.61. The average molecular weight is 439 g/mol. The van der Waals surface area contributed by atoms with Crippen LogP contribution < -0.4 is 19.7 Å². The molecule has 1 N–H and O–H groups in total. The first-order valence-corrected chi connectivity index (χ1v) is 10.9. The summed E-state index contributed by atoms with van der Waals surface area (Å²) in [5.41, 5.74) is 1.14. The third-order valence-electron chi connectivity index (χ3n) is 6.21. The van der Waals surface area contributed by atoms with E-state index in [0.29, 0.717) is 41.5 Å². The van der Waals surface area contributed by atoms with Gasteiger partial charge in [-0.1, -0.05) is 6.07 Å². The topological polar surface area (TPSA) is 77.3 Å². The molecule has 1 aliphatic carbocycles. The summed E-state index contributed by atoms with van der Waals surface area (Å²) in [6.07, 6.45) is 2.97. The van der Waals surface area contributed by atoms with Crippen molar-refractivity contribution in [3.8, 4) is 17.6 Å². The van der Waals surface area contributed by atoms with Crippen molar-refractivity contribution < 1.29 is 13.9 Å². The van der Waals surface area contributed by atoms with Crippen LogP contribution in [0.25, 0.3) is 0 Å². The van der Waals surface area contributed by atoms with Crippen LogP contribution in [-0.4, -0.2) is 46.0 Å². The fourth-order valence-electron chi connectivity index (χ4n) is 4.60. The Morgan fingerprint density at radius 1 is 1.16 bits per heavy atom. The second-order valence-corrected chi connectivity index (χ2v) is 8.70. The molecule has 1 saturated carbocycles. The molecule has 1 aromatic carbocycles. The highest BCUT2D eigenvalue weighted by Crippen LogP contribution is 2.43. The number of anilines is 2. The molecular formula is C23H27FN6O2. The van der Waals surface area contributed by atoms with Crippen LogP contribution in [0, 0.1) is 17.7 Å². The maximum absolute atomic E-state index is 13.5. The zero-order valence-electron chi connectivity index (χ0n) is 18.4. The number of nitrogens with one attached hydrogen (secondary N) is 1. The quantitative estimate of drug-likeness (QED) is 0.594. The summed E-state index contributed by atoms with van der Waals surface area (Å²) in [5.74, 6) is 2.23. The van der Waals surface area contributed by atoms with E-state index in [1.54, 1.807) is 30.1 Å². The predicted molar refractivity (Wildman–Crippen MR) is 119 cm³/mol. The molecular weight excluding hydrogens is 411 g/mol. The van der Waals surface area contributed by atoms with Gasteiger partial charge in [0.05, 0.1) is 13.2 Å². The summed E-state index contributed by atoms with van der Waals surface area (Å²) in [4.78, 5) is 11.2. The second-order valence-electron chi connectivity index (χ2n) is 8.70. The summed E-state index contributed by atoms with van der Waals surface area (Å²) in [5, 5.41) is 8.14. The van der Waals surface area contributed by atoms with Crippen molar-refractivity contribution in [1.29, 1.82) is 0 Å². The van der Waals surface area contributed by atoms with E-state index in [2.05, 4.69) is 25.3 Å². The Balaban J connectivity index is 1.28. The van der Waals surface area contributed by atoms with Gasteiger partial charge >= 0.3 is 6.01 Å². The molecule has 2 aromatic heterocycles. The van der Waals surface area contributed by atoms with E-state index in [4.69, 9.17) is 9.47 Å². The molecule has 3 aliphatic rings. The second kappa shape index (κ2) is 8.29. The number of aromatic nitrogens is 4. The van der Waals surface area contributed by atoms with Crippen LogP contribution in [0.2, 0.25) is 0 Å². The monoisotopic (exact) mass is 438 g/mol. The summed E-state index contributed by atoms with van der Waals surface area (Å²) in [6.45, 7) is 5.93. The van der Waals surface area contributed by atoms with Crippen LogP contribution in [0.15, 0.2) is 42.6 Å². The van der Waals surface area contributed by atoms with E-state index >= 15 is 0 Å². The fraction of sp³-hybridized carbons (Fsp3) is 0.435. The highest BCUT2D eigenvalue weighted by atomic mass is 19.1. The highest BCUT2D eigenvalue weighted by Gasteiger charge is 2.47. The van der Waals surface area contributed by atoms with E-state index in [-0.39, 0.29) is 11.9 Å². The minimum atomic E-state index is -0.352. The van der Waals surface area contributed by atoms with Crippen molar-refractivity contribution in [2.45, 2.75) is 32.4 Å². The predicted octanol–water partition coefficient (Wildman–Crippen LogP) is 4.13. The maximum Gasteiger partial charge on any atom is 0.322 e. The molecule has 32 heavy (non-hydrogen) atoms. The first kappa shape index (κ1) is 20.5. The average Bonchev–Trinajstić information content (AvgIpc) is 3.20. The molecule has 0 amide bonds. The van der Waals surface area contributed by atoms with Crippen molar-refractivity contribution in [3.63, 3.8) is 0 Å². The Hall–Kier alpha value is -3.36. The molecule has 3 fully saturated rings. The Morgan fingerprint density at radius 3 is 2.69 bits per heavy atom. The fourth-order valence-corrected chi connectivity index (χ4v) is 4.60. The number of benzene rings is 1. The van der Waals surface area contributed by atoms with Crippen LogP contribution in [0.1, 0.15) is 26.3 Å². The number of nitrogens with zero attached hydrogens (tertiary/aromatic N) is 5. The van der Waals surface area contributed by atoms with Crippen LogP contribution in [0.3, 0.4) is 0 Å². The molecule has 3 aromatic rings. The lowest BCUT2D eigenvalue weighted by atomic mass is 9.66. The van der Waals surface area contributed by atoms with Gasteiger partial charge in [0.15, 0.2) is 0 Å². The number of piperidine rings is 2. The third-order valence-corrected chi connectivity index (χ3v) is 6.21. The van der Waals surface area contributed by atoms with E-state index < -0.39 is 0 Å². The van der Waals surface area contributed by atoms with Gasteiger partial charge in [0, 0.05) is 43.1 Å². The van der Waals surface area contributed by atoms with Gasteiger partial charge in [0.2, 0.25) is 11.8 Å². The van der Waals surface area contributed by atoms with Crippen LogP contribution in [0.5, 0.6) is 17.6 Å². The lowest BCUT2D eigenvalue weighted by molar-refractivity contribution is 0.130. The standard InChI is InChI=1S/C23H27FN6O2/c1-14(2)30-23(32-19-6-4-5-17(24)10-19)27-22(28-30)26-21-15-9-16(21)13-29(12-15)18-7-8-25-20(11-18)31-3/h4-8,10-11,14-16,21H,9,12-13H2,1-3H3,(H,26,28)/t15-,16?,21-/m0/s1. The third kappa shape index (κ3) is 3.94. The van der Waals surface area contributed by atoms with Crippen molar-refractivity contribution in [2.24, 2.45) is 11.8 Å². The summed E-state index contributed by atoms with van der Waals surface area (Å²) in [6, 6.07) is 10.8. The largest absolute Gasteiger partial charge is 0.481 e. The smallest absolute Gasteiger partial charge is 0.322 e. The molecule has 9 heteroatoms. The molecule has 4 heterocycles. The molecule has 2 saturated heterocycles. The Kier molecular flexibility index (Phi) is 5.32. The van der Waals surface area contributed by atoms with Crippen LogP contribution in [-0.2, 0) is 0 Å². The SMILES string of the molecule is COc1cc(N2CC3C[C@@H](C2)[C@@H]3Nc2nc(Oc3cccc(F)c3)n(C(C)C)n2)ccn1. The zero-order valence-corrected chi connectivity index (χ0v) is 18.4. The van der Waals surface area contributed by atoms with Gasteiger partial charge in [-0.25, -0.2) is 14.1 Å². The highest BCUT2D eigenvalue weighted by molar-refractivity contribution is 5.50. The first-order valence-electron chi connectivity index (χ1n) is 10.9. The van der Waals surface area contributed by atoms with E-state index in [9.17, 15) is 4.39 Å². The molecule has 2 aliphatic heterocycles. The van der Waals surface area contributed by atoms with Gasteiger partial charge in [-0.3, -0.25) is 0 Å². The number of hydrogen-bond acceptors (Lipinski definition) is 7. The molecule has 6 rings (SSSR count).